The second-order valence-corrected chi connectivity index (χ2v) is 19.5. The van der Waals surface area contributed by atoms with Crippen molar-refractivity contribution >= 4 is 57.4 Å². The summed E-state index contributed by atoms with van der Waals surface area (Å²) in [4.78, 5) is 50.3. The van der Waals surface area contributed by atoms with Crippen LogP contribution in [0.25, 0.3) is 6.08 Å². The van der Waals surface area contributed by atoms with Crippen molar-refractivity contribution in [3.63, 3.8) is 0 Å². The molecule has 0 atom stereocenters. The quantitative estimate of drug-likeness (QED) is 0.0170. The van der Waals surface area contributed by atoms with Crippen molar-refractivity contribution in [3.05, 3.63) is 44.7 Å². The molecule has 2 aliphatic heterocycles. The molecule has 27 heteroatoms. The Morgan fingerprint density at radius 3 is 1.56 bits per heavy atom. The van der Waals surface area contributed by atoms with Crippen molar-refractivity contribution in [1.82, 2.24) is 9.96 Å². The number of thiophene rings is 1. The Kier molecular flexibility index (Phi) is 33.3. The first kappa shape index (κ1) is 66.3. The van der Waals surface area contributed by atoms with Gasteiger partial charge >= 0.3 is 5.97 Å². The lowest BCUT2D eigenvalue weighted by atomic mass is 9.92. The number of aliphatic imine (C=N–C) groups is 1. The lowest BCUT2D eigenvalue weighted by Gasteiger charge is -2.32. The van der Waals surface area contributed by atoms with Crippen LogP contribution < -0.4 is 10.5 Å². The van der Waals surface area contributed by atoms with Crippen LogP contribution in [0, 0.1) is 29.2 Å². The molecule has 78 heavy (non-hydrogen) atoms. The lowest BCUT2D eigenvalue weighted by molar-refractivity contribution is -0.180. The third-order valence-corrected chi connectivity index (χ3v) is 13.5. The second kappa shape index (κ2) is 39.2. The summed E-state index contributed by atoms with van der Waals surface area (Å²) in [5.74, 6) is -10.8. The summed E-state index contributed by atoms with van der Waals surface area (Å²) in [5.41, 5.74) is 7.60. The number of amidine groups is 1. The van der Waals surface area contributed by atoms with Crippen LogP contribution in [-0.4, -0.2) is 200 Å². The zero-order valence-electron chi connectivity index (χ0n) is 44.6. The van der Waals surface area contributed by atoms with Crippen molar-refractivity contribution in [3.8, 4) is 5.75 Å². The van der Waals surface area contributed by atoms with Crippen LogP contribution in [-0.2, 0) is 83.7 Å². The molecule has 2 N–H and O–H groups in total. The Bertz CT molecular complexity index is 2210. The minimum Gasteiger partial charge on any atom is -0.420 e. The van der Waals surface area contributed by atoms with Gasteiger partial charge in [0.15, 0.2) is 22.3 Å². The smallest absolute Gasteiger partial charge is 0.313 e. The van der Waals surface area contributed by atoms with Crippen LogP contribution >= 0.6 is 11.3 Å². The van der Waals surface area contributed by atoms with Crippen molar-refractivity contribution in [2.75, 3.05) is 158 Å². The van der Waals surface area contributed by atoms with Crippen molar-refractivity contribution in [1.29, 1.82) is 0 Å². The molecule has 0 saturated carbocycles. The summed E-state index contributed by atoms with van der Waals surface area (Å²) in [6, 6.07) is 2.08. The largest absolute Gasteiger partial charge is 0.420 e. The molecule has 0 spiro atoms. The predicted molar refractivity (Wildman–Crippen MR) is 277 cm³/mol. The standard InChI is InChI=1S/C51H76F4N4O17S2/c1-3-11-59(75-4-2)51(62)38-34-41-40(57-42(56)35-38)36-39(77-41)6-5-37-7-12-58(13-8-37)43(60)9-14-65-16-18-67-20-22-69-24-26-71-28-30-73-32-33-74-31-29-72-27-25-70-23-21-68-19-17-66-15-10-44(61)76-49-45(52)47(54)50(78(63)64)48(55)46(49)53/h34,36-37,78H,3-33,35H2,1-2H3,(H2,56,57). The third-order valence-electron chi connectivity index (χ3n) is 11.6. The van der Waals surface area contributed by atoms with Crippen LogP contribution in [0.1, 0.15) is 68.5 Å². The van der Waals surface area contributed by atoms with E-state index in [0.29, 0.717) is 136 Å². The van der Waals surface area contributed by atoms with Gasteiger partial charge in [-0.25, -0.2) is 27.3 Å². The molecule has 1 saturated heterocycles. The molecule has 4 rings (SSSR count). The number of rotatable bonds is 43. The number of carbonyl (C=O) groups is 3. The minimum atomic E-state index is -3.98. The highest BCUT2D eigenvalue weighted by Crippen LogP contribution is 2.37. The number of aryl methyl sites for hydroxylation is 1. The van der Waals surface area contributed by atoms with Crippen molar-refractivity contribution in [2.45, 2.75) is 70.1 Å². The summed E-state index contributed by atoms with van der Waals surface area (Å²) in [6.07, 6.45) is 6.65. The Balaban J connectivity index is 0.837. The Morgan fingerprint density at radius 1 is 0.679 bits per heavy atom. The summed E-state index contributed by atoms with van der Waals surface area (Å²) >= 11 is 1.65. The highest BCUT2D eigenvalue weighted by molar-refractivity contribution is 7.72. The van der Waals surface area contributed by atoms with E-state index in [0.717, 1.165) is 55.8 Å². The third kappa shape index (κ3) is 25.1. The fourth-order valence-electron chi connectivity index (χ4n) is 7.63. The zero-order valence-corrected chi connectivity index (χ0v) is 46.3. The summed E-state index contributed by atoms with van der Waals surface area (Å²) in [7, 11) is -3.98. The van der Waals surface area contributed by atoms with E-state index in [2.05, 4.69) is 15.8 Å². The summed E-state index contributed by atoms with van der Waals surface area (Å²) < 4.78 is 136. The normalized spacial score (nSPS) is 13.9. The van der Waals surface area contributed by atoms with E-state index in [4.69, 9.17) is 57.9 Å². The maximum atomic E-state index is 13.9. The Hall–Kier alpha value is -4.23. The van der Waals surface area contributed by atoms with Crippen LogP contribution in [0.4, 0.5) is 23.2 Å². The maximum Gasteiger partial charge on any atom is 0.313 e. The number of fused-ring (bicyclic) bond motifs is 1. The first-order valence-corrected chi connectivity index (χ1v) is 28.2. The van der Waals surface area contributed by atoms with E-state index in [9.17, 15) is 40.4 Å². The van der Waals surface area contributed by atoms with Crippen molar-refractivity contribution < 1.29 is 97.3 Å². The van der Waals surface area contributed by atoms with Gasteiger partial charge in [-0.1, -0.05) is 6.92 Å². The van der Waals surface area contributed by atoms with Gasteiger partial charge in [0.1, 0.15) is 10.7 Å². The van der Waals surface area contributed by atoms with Crippen LogP contribution in [0.3, 0.4) is 0 Å². The molecule has 0 radical (unpaired) electrons. The van der Waals surface area contributed by atoms with Crippen molar-refractivity contribution in [2.24, 2.45) is 16.6 Å². The van der Waals surface area contributed by atoms with Crippen LogP contribution in [0.2, 0.25) is 0 Å². The monoisotopic (exact) mass is 1160 g/mol. The number of esters is 1. The number of nitrogens with zero attached hydrogens (tertiary/aromatic N) is 3. The SMILES string of the molecule is CCCN(OCC)C(=O)C1=Cc2sc(CCC3CCN(C(=O)CCOCCOCCOCCOCCOCCOCCOCCOCCOCCOCCC(=O)Oc4c(F)c(F)c([SH](=O)=O)c(F)c4F)CC3)cc2N=C(N)C1. The van der Waals surface area contributed by atoms with E-state index in [-0.39, 0.29) is 51.3 Å². The number of nitrogens with two attached hydrogens (primary N) is 1. The number of ether oxygens (including phenoxy) is 11. The molecular formula is C51H76F4N4O17S2. The summed E-state index contributed by atoms with van der Waals surface area (Å²) in [6.45, 7) is 12.7. The average molecular weight is 1160 g/mol. The number of hydrogen-bond acceptors (Lipinski definition) is 20. The molecule has 1 aromatic heterocycles. The predicted octanol–water partition coefficient (Wildman–Crippen LogP) is 4.96. The minimum absolute atomic E-state index is 0.0502. The zero-order chi connectivity index (χ0) is 56.3. The molecule has 0 unspecified atom stereocenters. The molecule has 1 fully saturated rings. The van der Waals surface area contributed by atoms with E-state index >= 15 is 0 Å². The van der Waals surface area contributed by atoms with Gasteiger partial charge < -0.3 is 62.7 Å². The van der Waals surface area contributed by atoms with Crippen LogP contribution in [0.15, 0.2) is 21.5 Å². The first-order chi connectivity index (χ1) is 37.8. The number of hydrogen-bond donors (Lipinski definition) is 2. The van der Waals surface area contributed by atoms with E-state index in [1.165, 1.54) is 9.94 Å². The van der Waals surface area contributed by atoms with Gasteiger partial charge in [-0.3, -0.25) is 19.2 Å². The highest BCUT2D eigenvalue weighted by atomic mass is 32.2. The molecule has 3 heterocycles. The van der Waals surface area contributed by atoms with Gasteiger partial charge in [-0.05, 0) is 57.1 Å². The fraction of sp³-hybridized carbons (Fsp3) is 0.686. The second-order valence-electron chi connectivity index (χ2n) is 17.4. The molecule has 2 amide bonds. The maximum absolute atomic E-state index is 13.9. The number of carbonyl (C=O) groups excluding carboxylic acids is 3. The fourth-order valence-corrected chi connectivity index (χ4v) is 9.23. The van der Waals surface area contributed by atoms with Gasteiger partial charge in [0, 0.05) is 36.5 Å². The molecule has 442 valence electrons. The topological polar surface area (TPSA) is 241 Å². The number of hydroxylamine groups is 2. The van der Waals surface area contributed by atoms with Gasteiger partial charge in [-0.15, -0.1) is 11.3 Å². The molecular weight excluding hydrogens is 1080 g/mol. The average Bonchev–Trinajstić information content (AvgIpc) is 3.76. The number of likely N-dealkylation sites (tertiary alicyclic amines) is 1. The van der Waals surface area contributed by atoms with Gasteiger partial charge in [0.2, 0.25) is 23.3 Å². The van der Waals surface area contributed by atoms with Gasteiger partial charge in [0.05, 0.1) is 162 Å². The molecule has 2 aromatic rings. The Morgan fingerprint density at radius 2 is 1.13 bits per heavy atom. The summed E-state index contributed by atoms with van der Waals surface area (Å²) in [5, 5.41) is 1.42. The lowest BCUT2D eigenvalue weighted by Crippen LogP contribution is -2.39. The van der Waals surface area contributed by atoms with Gasteiger partial charge in [-0.2, -0.15) is 8.78 Å². The van der Waals surface area contributed by atoms with E-state index < -0.39 is 57.0 Å². The molecule has 0 bridgehead atoms. The molecule has 0 aliphatic carbocycles. The van der Waals surface area contributed by atoms with E-state index in [1.807, 2.05) is 24.8 Å². The first-order valence-electron chi connectivity index (χ1n) is 26.2. The number of halogens is 4. The van der Waals surface area contributed by atoms with E-state index in [1.54, 1.807) is 11.3 Å². The molecule has 1 aromatic carbocycles. The number of piperidine rings is 1. The highest BCUT2D eigenvalue weighted by Gasteiger charge is 2.30. The molecule has 21 nitrogen and oxygen atoms in total. The Labute approximate surface area is 458 Å². The van der Waals surface area contributed by atoms with Gasteiger partial charge in [0.25, 0.3) is 5.91 Å². The molecule has 2 aliphatic rings. The number of thiol groups is 1. The number of amides is 2. The van der Waals surface area contributed by atoms with Crippen LogP contribution in [0.5, 0.6) is 5.75 Å². The number of benzene rings is 1.